The highest BCUT2D eigenvalue weighted by molar-refractivity contribution is 7.89. The average molecular weight is 627 g/mol. The summed E-state index contributed by atoms with van der Waals surface area (Å²) in [5.41, 5.74) is 6.05. The molecule has 0 saturated carbocycles. The van der Waals surface area contributed by atoms with E-state index in [-0.39, 0.29) is 36.8 Å². The molecule has 1 aromatic heterocycles. The van der Waals surface area contributed by atoms with E-state index < -0.39 is 40.4 Å². The second kappa shape index (κ2) is 14.5. The maximum atomic E-state index is 14.0. The van der Waals surface area contributed by atoms with E-state index in [9.17, 15) is 27.8 Å². The zero-order valence-corrected chi connectivity index (χ0v) is 25.6. The van der Waals surface area contributed by atoms with E-state index in [4.69, 9.17) is 15.2 Å². The Bertz CT molecular complexity index is 1620. The second-order valence-corrected chi connectivity index (χ2v) is 13.1. The molecule has 2 aromatic carbocycles. The topological polar surface area (TPSA) is 157 Å². The first-order valence-electron chi connectivity index (χ1n) is 14.7. The molecule has 0 radical (unpaired) electrons. The van der Waals surface area contributed by atoms with Crippen molar-refractivity contribution in [2.45, 2.75) is 75.4 Å². The number of aromatic nitrogens is 1. The number of fused-ring (bicyclic) bond motifs is 3. The number of carbonyl (C=O) groups is 1. The Morgan fingerprint density at radius 2 is 1.84 bits per heavy atom. The summed E-state index contributed by atoms with van der Waals surface area (Å²) in [6, 6.07) is 11.1. The molecule has 4 rings (SSSR count). The van der Waals surface area contributed by atoms with E-state index >= 15 is 0 Å². The smallest absolute Gasteiger partial charge is 0.305 e. The average Bonchev–Trinajstić information content (AvgIpc) is 3.14. The molecule has 11 heteroatoms. The number of carboxylic acids is 1. The number of aliphatic hydroxyl groups is 3. The Labute approximate surface area is 257 Å². The van der Waals surface area contributed by atoms with Crippen molar-refractivity contribution in [1.82, 2.24) is 9.71 Å². The number of carboxylic acid groups (broad SMARTS) is 1. The maximum absolute atomic E-state index is 14.0. The highest BCUT2D eigenvalue weighted by atomic mass is 32.2. The van der Waals surface area contributed by atoms with Gasteiger partial charge < -0.3 is 20.4 Å². The maximum Gasteiger partial charge on any atom is 0.305 e. The number of pyridine rings is 1. The number of hydrogen-bond acceptors (Lipinski definition) is 7. The summed E-state index contributed by atoms with van der Waals surface area (Å²) in [5.74, 6) is -1.67. The van der Waals surface area contributed by atoms with Crippen LogP contribution in [0.1, 0.15) is 67.8 Å². The molecule has 44 heavy (non-hydrogen) atoms. The fourth-order valence-corrected chi connectivity index (χ4v) is 6.61. The predicted molar refractivity (Wildman–Crippen MR) is 166 cm³/mol. The largest absolute Gasteiger partial charge is 0.481 e. The molecule has 1 heterocycles. The molecule has 5 N–H and O–H groups in total. The molecule has 2 atom stereocenters. The van der Waals surface area contributed by atoms with Crippen molar-refractivity contribution in [3.05, 3.63) is 76.7 Å². The van der Waals surface area contributed by atoms with Crippen LogP contribution in [-0.4, -0.2) is 65.2 Å². The van der Waals surface area contributed by atoms with Crippen LogP contribution < -0.4 is 4.72 Å². The highest BCUT2D eigenvalue weighted by Crippen LogP contribution is 2.42. The third-order valence-electron chi connectivity index (χ3n) is 7.60. The molecule has 0 amide bonds. The summed E-state index contributed by atoms with van der Waals surface area (Å²) in [5, 5.41) is 38.7. The van der Waals surface area contributed by atoms with Crippen LogP contribution in [0.15, 0.2) is 53.4 Å². The van der Waals surface area contributed by atoms with Crippen molar-refractivity contribution in [1.29, 1.82) is 0 Å². The van der Waals surface area contributed by atoms with Crippen LogP contribution in [-0.2, 0) is 27.7 Å². The second-order valence-electron chi connectivity index (χ2n) is 11.3. The van der Waals surface area contributed by atoms with Crippen LogP contribution in [0.3, 0.4) is 0 Å². The first-order chi connectivity index (χ1) is 20.9. The number of hydrogen-bond donors (Lipinski definition) is 5. The van der Waals surface area contributed by atoms with Crippen LogP contribution >= 0.6 is 0 Å². The predicted octanol–water partition coefficient (Wildman–Crippen LogP) is 4.43. The van der Waals surface area contributed by atoms with Gasteiger partial charge in [-0.1, -0.05) is 44.2 Å². The van der Waals surface area contributed by atoms with Crippen LogP contribution in [0.25, 0.3) is 28.5 Å². The number of aliphatic carboxylic acids is 1. The molecule has 9 nitrogen and oxygen atoms in total. The van der Waals surface area contributed by atoms with Crippen LogP contribution in [0.4, 0.5) is 4.39 Å². The summed E-state index contributed by atoms with van der Waals surface area (Å²) >= 11 is 0. The Hall–Kier alpha value is -3.48. The van der Waals surface area contributed by atoms with Crippen LogP contribution in [0.5, 0.6) is 0 Å². The quantitative estimate of drug-likeness (QED) is 0.175. The zero-order valence-electron chi connectivity index (χ0n) is 24.8. The third kappa shape index (κ3) is 7.96. The monoisotopic (exact) mass is 626 g/mol. The number of nitrogens with one attached hydrogen (secondary N) is 1. The molecule has 236 valence electrons. The van der Waals surface area contributed by atoms with E-state index in [1.807, 2.05) is 19.9 Å². The first kappa shape index (κ1) is 33.4. The molecule has 0 unspecified atom stereocenters. The van der Waals surface area contributed by atoms with Gasteiger partial charge in [0.15, 0.2) is 0 Å². The Morgan fingerprint density at radius 1 is 1.11 bits per heavy atom. The fourth-order valence-electron chi connectivity index (χ4n) is 5.51. The Kier molecular flexibility index (Phi) is 11.0. The minimum atomic E-state index is -3.84. The van der Waals surface area contributed by atoms with Gasteiger partial charge in [-0.15, -0.1) is 0 Å². The van der Waals surface area contributed by atoms with Gasteiger partial charge in [0.25, 0.3) is 0 Å². The van der Waals surface area contributed by atoms with E-state index in [1.54, 1.807) is 30.3 Å². The molecule has 1 aliphatic rings. The highest BCUT2D eigenvalue weighted by Gasteiger charge is 2.27. The molecule has 3 aromatic rings. The van der Waals surface area contributed by atoms with Crippen LogP contribution in [0.2, 0.25) is 0 Å². The van der Waals surface area contributed by atoms with Gasteiger partial charge in [0.1, 0.15) is 5.82 Å². The molecular formula is C33H39FN2O7S. The van der Waals surface area contributed by atoms with Gasteiger partial charge >= 0.3 is 5.97 Å². The number of aryl methyl sites for hydroxylation is 1. The summed E-state index contributed by atoms with van der Waals surface area (Å²) in [6.07, 6.45) is 2.56. The summed E-state index contributed by atoms with van der Waals surface area (Å²) in [7, 11) is -3.84. The lowest BCUT2D eigenvalue weighted by Gasteiger charge is -2.22. The van der Waals surface area contributed by atoms with Gasteiger partial charge in [0, 0.05) is 30.7 Å². The molecule has 0 spiro atoms. The van der Waals surface area contributed by atoms with Gasteiger partial charge in [-0.05, 0) is 78.1 Å². The lowest BCUT2D eigenvalue weighted by Crippen LogP contribution is -2.25. The van der Waals surface area contributed by atoms with E-state index in [1.165, 1.54) is 18.2 Å². The number of sulfonamides is 1. The fraction of sp³-hybridized carbons (Fsp3) is 0.394. The molecule has 0 aliphatic heterocycles. The number of nitrogens with zero attached hydrogens (tertiary/aromatic N) is 1. The molecule has 0 saturated heterocycles. The Morgan fingerprint density at radius 3 is 2.50 bits per heavy atom. The number of benzene rings is 2. The minimum absolute atomic E-state index is 0.0882. The van der Waals surface area contributed by atoms with Gasteiger partial charge in [0.2, 0.25) is 10.0 Å². The summed E-state index contributed by atoms with van der Waals surface area (Å²) in [4.78, 5) is 16.2. The van der Waals surface area contributed by atoms with Crippen molar-refractivity contribution in [2.24, 2.45) is 0 Å². The van der Waals surface area contributed by atoms with Gasteiger partial charge in [-0.3, -0.25) is 9.78 Å². The van der Waals surface area contributed by atoms with Crippen molar-refractivity contribution < 1.29 is 38.0 Å². The normalized spacial score (nSPS) is 14.7. The molecule has 0 bridgehead atoms. The number of halogens is 1. The van der Waals surface area contributed by atoms with E-state index in [2.05, 4.69) is 4.72 Å². The Balaban J connectivity index is 1.92. The first-order valence-corrected chi connectivity index (χ1v) is 16.2. The van der Waals surface area contributed by atoms with E-state index in [0.717, 1.165) is 28.7 Å². The van der Waals surface area contributed by atoms with Crippen molar-refractivity contribution >= 4 is 22.1 Å². The van der Waals surface area contributed by atoms with Gasteiger partial charge in [0.05, 0.1) is 34.9 Å². The summed E-state index contributed by atoms with van der Waals surface area (Å²) < 4.78 is 42.8. The van der Waals surface area contributed by atoms with Gasteiger partial charge in [-0.25, -0.2) is 17.5 Å². The summed E-state index contributed by atoms with van der Waals surface area (Å²) in [6.45, 7) is 3.91. The number of rotatable bonds is 13. The SMILES string of the molecule is CC(C)c1nc2c(c(-c3ccc(F)cc3)c1C=C[C@@H](O)C[C@@H](O)CC(=O)O)CCCc1ccc(S(=O)(=O)NCCCO)cc1-2. The van der Waals surface area contributed by atoms with E-state index in [0.29, 0.717) is 35.4 Å². The van der Waals surface area contributed by atoms with Crippen molar-refractivity contribution in [3.8, 4) is 22.4 Å². The molecule has 1 aliphatic carbocycles. The molecule has 0 fully saturated rings. The van der Waals surface area contributed by atoms with Gasteiger partial charge in [-0.2, -0.15) is 0 Å². The molecular weight excluding hydrogens is 587 g/mol. The lowest BCUT2D eigenvalue weighted by molar-refractivity contribution is -0.139. The standard InChI is InChI=1S/C33H39FN2O7S/c1-20(2)32-28(14-12-24(38)17-25(39)18-30(40)41)31(22-7-10-23(34)11-8-22)27-6-3-5-21-9-13-26(19-29(21)33(27)36-32)44(42,43)35-15-4-16-37/h7-14,19-20,24-25,35,37-39H,3-6,15-18H2,1-2H3,(H,40,41)/t24-,25-/m1/s1. The zero-order chi connectivity index (χ0) is 32.0. The van der Waals surface area contributed by atoms with Crippen molar-refractivity contribution in [2.75, 3.05) is 13.2 Å². The lowest BCUT2D eigenvalue weighted by atomic mass is 9.86. The third-order valence-corrected chi connectivity index (χ3v) is 9.06. The minimum Gasteiger partial charge on any atom is -0.481 e. The van der Waals surface area contributed by atoms with Crippen molar-refractivity contribution in [3.63, 3.8) is 0 Å². The van der Waals surface area contributed by atoms with Crippen LogP contribution in [0, 0.1) is 5.82 Å². The number of aliphatic hydroxyl groups excluding tert-OH is 3.